The molecule has 1 aliphatic heterocycles. The minimum absolute atomic E-state index is 0.752. The van der Waals surface area contributed by atoms with E-state index in [1.807, 2.05) is 18.1 Å². The second-order valence-corrected chi connectivity index (χ2v) is 9.07. The van der Waals surface area contributed by atoms with Crippen LogP contribution >= 0.6 is 27.9 Å². The van der Waals surface area contributed by atoms with Gasteiger partial charge in [-0.3, -0.25) is 4.31 Å². The Labute approximate surface area is 168 Å². The van der Waals surface area contributed by atoms with Crippen LogP contribution in [0.25, 0.3) is 11.0 Å². The fourth-order valence-corrected chi connectivity index (χ4v) is 5.04. The molecule has 136 valence electrons. The Kier molecular flexibility index (Phi) is 5.98. The van der Waals surface area contributed by atoms with E-state index in [0.717, 1.165) is 29.0 Å². The zero-order valence-electron chi connectivity index (χ0n) is 14.9. The number of aryl methyl sites for hydroxylation is 1. The Morgan fingerprint density at radius 1 is 1.12 bits per heavy atom. The molecule has 0 bridgehead atoms. The van der Waals surface area contributed by atoms with Gasteiger partial charge >= 0.3 is 0 Å². The first-order chi connectivity index (χ1) is 12.8. The van der Waals surface area contributed by atoms with Crippen molar-refractivity contribution in [3.63, 3.8) is 0 Å². The molecule has 0 spiro atoms. The molecule has 3 heterocycles. The van der Waals surface area contributed by atoms with Gasteiger partial charge in [0.05, 0.1) is 0 Å². The van der Waals surface area contributed by atoms with Gasteiger partial charge in [0, 0.05) is 47.6 Å². The van der Waals surface area contributed by atoms with Gasteiger partial charge in [-0.05, 0) is 58.8 Å². The van der Waals surface area contributed by atoms with E-state index in [1.54, 1.807) is 0 Å². The molecular formula is C21H24BrN3S. The maximum atomic E-state index is 4.59. The van der Waals surface area contributed by atoms with Crippen molar-refractivity contribution in [2.24, 2.45) is 5.92 Å². The van der Waals surface area contributed by atoms with E-state index in [2.05, 4.69) is 78.4 Å². The second-order valence-electron chi connectivity index (χ2n) is 6.98. The van der Waals surface area contributed by atoms with Gasteiger partial charge in [-0.2, -0.15) is 0 Å². The molecule has 26 heavy (non-hydrogen) atoms. The van der Waals surface area contributed by atoms with Gasteiger partial charge < -0.3 is 4.57 Å². The summed E-state index contributed by atoms with van der Waals surface area (Å²) in [6.45, 7) is 3.48. The molecule has 1 aliphatic rings. The van der Waals surface area contributed by atoms with Crippen molar-refractivity contribution in [1.82, 2.24) is 13.9 Å². The molecule has 0 atom stereocenters. The number of hydrogen-bond acceptors (Lipinski definition) is 3. The molecule has 0 amide bonds. The van der Waals surface area contributed by atoms with Crippen LogP contribution in [0.5, 0.6) is 0 Å². The first-order valence-corrected chi connectivity index (χ1v) is 11.0. The number of fused-ring (bicyclic) bond motifs is 1. The molecule has 0 N–H and O–H groups in total. The lowest BCUT2D eigenvalue weighted by Crippen LogP contribution is -2.30. The molecule has 2 aromatic heterocycles. The van der Waals surface area contributed by atoms with E-state index < -0.39 is 0 Å². The van der Waals surface area contributed by atoms with Crippen LogP contribution in [0.4, 0.5) is 0 Å². The topological polar surface area (TPSA) is 21.1 Å². The molecule has 3 nitrogen and oxygen atoms in total. The predicted molar refractivity (Wildman–Crippen MR) is 114 cm³/mol. The molecule has 3 aromatic rings. The average Bonchev–Trinajstić information content (AvgIpc) is 3.06. The number of benzene rings is 1. The third kappa shape index (κ3) is 4.51. The summed E-state index contributed by atoms with van der Waals surface area (Å²) in [4.78, 5) is 4.59. The molecule has 1 fully saturated rings. The van der Waals surface area contributed by atoms with Crippen LogP contribution in [0.2, 0.25) is 0 Å². The van der Waals surface area contributed by atoms with Crippen LogP contribution < -0.4 is 0 Å². The first-order valence-electron chi connectivity index (χ1n) is 9.30. The molecule has 5 heteroatoms. The molecule has 1 saturated heterocycles. The van der Waals surface area contributed by atoms with Crippen molar-refractivity contribution >= 4 is 38.9 Å². The number of hydrogen-bond donors (Lipinski definition) is 0. The number of pyridine rings is 1. The Bertz CT molecular complexity index is 841. The van der Waals surface area contributed by atoms with Crippen molar-refractivity contribution < 1.29 is 0 Å². The summed E-state index contributed by atoms with van der Waals surface area (Å²) in [5.41, 5.74) is 2.54. The normalized spacial score (nSPS) is 16.3. The fraction of sp³-hybridized carbons (Fsp3) is 0.381. The van der Waals surface area contributed by atoms with Crippen LogP contribution in [0.3, 0.4) is 0 Å². The van der Waals surface area contributed by atoms with E-state index in [9.17, 15) is 0 Å². The standard InChI is InChI=1S/C21H24BrN3S/c22-20-14-19-8-10-24(21(19)23-15-20)16-18-6-11-25(12-7-18)26-13-9-17-4-2-1-3-5-17/h1-5,8,10,14-15,18H,6-7,9,11-13,16H2. The Morgan fingerprint density at radius 3 is 2.73 bits per heavy atom. The summed E-state index contributed by atoms with van der Waals surface area (Å²) in [6.07, 6.45) is 7.78. The number of halogens is 1. The molecule has 0 saturated carbocycles. The maximum Gasteiger partial charge on any atom is 0.139 e. The second kappa shape index (κ2) is 8.59. The number of nitrogens with zero attached hydrogens (tertiary/aromatic N) is 3. The van der Waals surface area contributed by atoms with E-state index >= 15 is 0 Å². The van der Waals surface area contributed by atoms with Crippen molar-refractivity contribution in [2.75, 3.05) is 18.8 Å². The zero-order valence-corrected chi connectivity index (χ0v) is 17.3. The van der Waals surface area contributed by atoms with Crippen LogP contribution in [0.1, 0.15) is 18.4 Å². The van der Waals surface area contributed by atoms with Crippen LogP contribution in [-0.2, 0) is 13.0 Å². The summed E-state index contributed by atoms with van der Waals surface area (Å²) >= 11 is 5.52. The van der Waals surface area contributed by atoms with Crippen molar-refractivity contribution in [1.29, 1.82) is 0 Å². The lowest BCUT2D eigenvalue weighted by Gasteiger charge is -2.31. The molecule has 0 unspecified atom stereocenters. The summed E-state index contributed by atoms with van der Waals surface area (Å²) in [5, 5.41) is 1.22. The number of aromatic nitrogens is 2. The minimum atomic E-state index is 0.752. The van der Waals surface area contributed by atoms with Crippen LogP contribution in [-0.4, -0.2) is 32.7 Å². The number of rotatable bonds is 6. The summed E-state index contributed by atoms with van der Waals surface area (Å²) < 4.78 is 5.93. The molecule has 4 rings (SSSR count). The third-order valence-corrected chi connectivity index (χ3v) is 6.65. The highest BCUT2D eigenvalue weighted by Gasteiger charge is 2.20. The molecular weight excluding hydrogens is 406 g/mol. The van der Waals surface area contributed by atoms with Gasteiger partial charge in [-0.25, -0.2) is 4.98 Å². The quantitative estimate of drug-likeness (QED) is 0.489. The predicted octanol–water partition coefficient (Wildman–Crippen LogP) is 5.40. The minimum Gasteiger partial charge on any atom is -0.332 e. The summed E-state index contributed by atoms with van der Waals surface area (Å²) in [7, 11) is 0. The largest absolute Gasteiger partial charge is 0.332 e. The van der Waals surface area contributed by atoms with E-state index in [0.29, 0.717) is 0 Å². The summed E-state index contributed by atoms with van der Waals surface area (Å²) in [5.74, 6) is 1.93. The molecule has 0 radical (unpaired) electrons. The fourth-order valence-electron chi connectivity index (χ4n) is 3.63. The number of piperidine rings is 1. The van der Waals surface area contributed by atoms with Gasteiger partial charge in [0.15, 0.2) is 0 Å². The van der Waals surface area contributed by atoms with Gasteiger partial charge in [-0.1, -0.05) is 42.3 Å². The van der Waals surface area contributed by atoms with Crippen molar-refractivity contribution in [2.45, 2.75) is 25.8 Å². The van der Waals surface area contributed by atoms with Gasteiger partial charge in [0.1, 0.15) is 5.65 Å². The Balaban J connectivity index is 1.24. The smallest absolute Gasteiger partial charge is 0.139 e. The van der Waals surface area contributed by atoms with E-state index in [-0.39, 0.29) is 0 Å². The highest BCUT2D eigenvalue weighted by molar-refractivity contribution is 9.10. The Hall–Kier alpha value is -1.30. The highest BCUT2D eigenvalue weighted by Crippen LogP contribution is 2.26. The monoisotopic (exact) mass is 429 g/mol. The Morgan fingerprint density at radius 2 is 1.92 bits per heavy atom. The molecule has 0 aliphatic carbocycles. The zero-order chi connectivity index (χ0) is 17.8. The van der Waals surface area contributed by atoms with Gasteiger partial charge in [-0.15, -0.1) is 0 Å². The lowest BCUT2D eigenvalue weighted by atomic mass is 9.98. The molecule has 1 aromatic carbocycles. The van der Waals surface area contributed by atoms with Gasteiger partial charge in [0.25, 0.3) is 0 Å². The van der Waals surface area contributed by atoms with E-state index in [4.69, 9.17) is 0 Å². The average molecular weight is 430 g/mol. The summed E-state index contributed by atoms with van der Waals surface area (Å²) in [6, 6.07) is 15.1. The van der Waals surface area contributed by atoms with Crippen molar-refractivity contribution in [3.8, 4) is 0 Å². The third-order valence-electron chi connectivity index (χ3n) is 5.10. The maximum absolute atomic E-state index is 4.59. The van der Waals surface area contributed by atoms with Gasteiger partial charge in [0.2, 0.25) is 0 Å². The lowest BCUT2D eigenvalue weighted by molar-refractivity contribution is 0.269. The van der Waals surface area contributed by atoms with E-state index in [1.165, 1.54) is 42.6 Å². The SMILES string of the molecule is Brc1cnc2c(ccn2CC2CCN(SCCc3ccccc3)CC2)c1. The first kappa shape index (κ1) is 18.1. The highest BCUT2D eigenvalue weighted by atomic mass is 79.9. The van der Waals surface area contributed by atoms with Crippen LogP contribution in [0, 0.1) is 5.92 Å². The van der Waals surface area contributed by atoms with Crippen molar-refractivity contribution in [3.05, 3.63) is 64.9 Å². The van der Waals surface area contributed by atoms with Crippen LogP contribution in [0.15, 0.2) is 59.3 Å².